The number of benzene rings is 1. The molecule has 0 heterocycles. The van der Waals surface area contributed by atoms with Gasteiger partial charge in [-0.15, -0.1) is 0 Å². The largest absolute Gasteiger partial charge is 0.495 e. The van der Waals surface area contributed by atoms with Gasteiger partial charge in [0.1, 0.15) is 5.75 Å². The molecule has 0 radical (unpaired) electrons. The van der Waals surface area contributed by atoms with Crippen molar-refractivity contribution >= 4 is 15.9 Å². The molecule has 2 nitrogen and oxygen atoms in total. The zero-order chi connectivity index (χ0) is 12.3. The summed E-state index contributed by atoms with van der Waals surface area (Å²) in [5.41, 5.74) is 2.30. The molecule has 1 aromatic rings. The maximum atomic E-state index is 9.48. The fourth-order valence-electron chi connectivity index (χ4n) is 1.71. The van der Waals surface area contributed by atoms with Crippen molar-refractivity contribution in [2.45, 2.75) is 39.2 Å². The summed E-state index contributed by atoms with van der Waals surface area (Å²) in [4.78, 5) is 0. The summed E-state index contributed by atoms with van der Waals surface area (Å²) in [6.45, 7) is 6.09. The van der Waals surface area contributed by atoms with Crippen molar-refractivity contribution in [3.63, 3.8) is 0 Å². The molecule has 90 valence electrons. The molecule has 0 saturated carbocycles. The van der Waals surface area contributed by atoms with Crippen LogP contribution in [-0.2, 0) is 6.42 Å². The molecule has 0 aliphatic carbocycles. The van der Waals surface area contributed by atoms with Crippen molar-refractivity contribution in [2.24, 2.45) is 0 Å². The van der Waals surface area contributed by atoms with Gasteiger partial charge in [0, 0.05) is 6.42 Å². The van der Waals surface area contributed by atoms with Crippen LogP contribution in [0.15, 0.2) is 16.6 Å². The lowest BCUT2D eigenvalue weighted by atomic mass is 9.98. The minimum Gasteiger partial charge on any atom is -0.495 e. The highest BCUT2D eigenvalue weighted by Gasteiger charge is 2.13. The number of hydrogen-bond donors (Lipinski definition) is 1. The molecule has 0 saturated heterocycles. The van der Waals surface area contributed by atoms with Crippen molar-refractivity contribution in [1.29, 1.82) is 0 Å². The highest BCUT2D eigenvalue weighted by Crippen LogP contribution is 2.33. The van der Waals surface area contributed by atoms with Gasteiger partial charge in [0.15, 0.2) is 0 Å². The molecule has 1 rings (SSSR count). The van der Waals surface area contributed by atoms with E-state index in [1.54, 1.807) is 14.0 Å². The Morgan fingerprint density at radius 1 is 1.31 bits per heavy atom. The van der Waals surface area contributed by atoms with Crippen LogP contribution in [0.4, 0.5) is 0 Å². The Balaban J connectivity index is 3.19. The summed E-state index contributed by atoms with van der Waals surface area (Å²) >= 11 is 3.51. The van der Waals surface area contributed by atoms with Gasteiger partial charge in [0.25, 0.3) is 0 Å². The van der Waals surface area contributed by atoms with E-state index in [1.807, 2.05) is 0 Å². The van der Waals surface area contributed by atoms with Gasteiger partial charge in [-0.2, -0.15) is 0 Å². The minimum absolute atomic E-state index is 0.358. The summed E-state index contributed by atoms with van der Waals surface area (Å²) in [6.07, 6.45) is 0.255. The van der Waals surface area contributed by atoms with Gasteiger partial charge in [0.05, 0.1) is 17.7 Å². The van der Waals surface area contributed by atoms with Crippen LogP contribution in [0.25, 0.3) is 0 Å². The highest BCUT2D eigenvalue weighted by atomic mass is 79.9. The number of halogens is 1. The summed E-state index contributed by atoms with van der Waals surface area (Å²) in [5.74, 6) is 1.29. The maximum Gasteiger partial charge on any atom is 0.136 e. The van der Waals surface area contributed by atoms with Gasteiger partial charge in [-0.3, -0.25) is 0 Å². The van der Waals surface area contributed by atoms with Crippen LogP contribution in [0.5, 0.6) is 5.75 Å². The number of aliphatic hydroxyl groups is 1. The summed E-state index contributed by atoms with van der Waals surface area (Å²) in [6, 6.07) is 4.19. The second-order valence-corrected chi connectivity index (χ2v) is 5.26. The van der Waals surface area contributed by atoms with Crippen molar-refractivity contribution in [1.82, 2.24) is 0 Å². The average Bonchev–Trinajstić information content (AvgIpc) is 2.16. The molecule has 1 aromatic carbocycles. The molecule has 1 unspecified atom stereocenters. The van der Waals surface area contributed by atoms with Gasteiger partial charge in [-0.25, -0.2) is 0 Å². The average molecular weight is 287 g/mol. The summed E-state index contributed by atoms with van der Waals surface area (Å²) in [5, 5.41) is 9.48. The van der Waals surface area contributed by atoms with Crippen LogP contribution in [0, 0.1) is 0 Å². The van der Waals surface area contributed by atoms with Crippen LogP contribution in [-0.4, -0.2) is 18.3 Å². The van der Waals surface area contributed by atoms with Crippen LogP contribution in [0.3, 0.4) is 0 Å². The van der Waals surface area contributed by atoms with Crippen molar-refractivity contribution in [2.75, 3.05) is 7.11 Å². The van der Waals surface area contributed by atoms with Gasteiger partial charge >= 0.3 is 0 Å². The van der Waals surface area contributed by atoms with Crippen molar-refractivity contribution < 1.29 is 9.84 Å². The Kier molecular flexibility index (Phi) is 4.81. The molecule has 0 fully saturated rings. The lowest BCUT2D eigenvalue weighted by Gasteiger charge is -2.15. The molecule has 0 aromatic heterocycles. The molecule has 0 amide bonds. The van der Waals surface area contributed by atoms with Gasteiger partial charge in [-0.1, -0.05) is 19.9 Å². The first-order valence-corrected chi connectivity index (χ1v) is 6.29. The number of methoxy groups -OCH3 is 1. The van der Waals surface area contributed by atoms with E-state index < -0.39 is 0 Å². The Bertz CT molecular complexity index is 359. The monoisotopic (exact) mass is 286 g/mol. The summed E-state index contributed by atoms with van der Waals surface area (Å²) < 4.78 is 6.31. The Hall–Kier alpha value is -0.540. The van der Waals surface area contributed by atoms with Crippen LogP contribution in [0.1, 0.15) is 37.8 Å². The second kappa shape index (κ2) is 5.69. The molecule has 0 aliphatic rings. The standard InChI is InChI=1S/C13H19BrO2/c1-8(2)10-6-11(5-9(3)15)13(16-4)12(14)7-10/h6-9,15H,5H2,1-4H3. The molecule has 1 N–H and O–H groups in total. The Morgan fingerprint density at radius 3 is 2.38 bits per heavy atom. The summed E-state index contributed by atoms with van der Waals surface area (Å²) in [7, 11) is 1.65. The normalized spacial score (nSPS) is 12.9. The number of rotatable bonds is 4. The molecule has 0 bridgehead atoms. The number of hydrogen-bond acceptors (Lipinski definition) is 2. The van der Waals surface area contributed by atoms with Gasteiger partial charge in [-0.05, 0) is 46.0 Å². The van der Waals surface area contributed by atoms with E-state index in [4.69, 9.17) is 4.74 Å². The third-order valence-electron chi connectivity index (χ3n) is 2.53. The molecule has 16 heavy (non-hydrogen) atoms. The first kappa shape index (κ1) is 13.5. The van der Waals surface area contributed by atoms with Gasteiger partial charge < -0.3 is 9.84 Å². The van der Waals surface area contributed by atoms with E-state index in [-0.39, 0.29) is 6.10 Å². The molecule has 1 atom stereocenters. The fourth-order valence-corrected chi connectivity index (χ4v) is 2.39. The number of aliphatic hydroxyl groups excluding tert-OH is 1. The first-order chi connectivity index (χ1) is 7.45. The topological polar surface area (TPSA) is 29.5 Å². The van der Waals surface area contributed by atoms with E-state index in [0.717, 1.165) is 15.8 Å². The Morgan fingerprint density at radius 2 is 1.94 bits per heavy atom. The highest BCUT2D eigenvalue weighted by molar-refractivity contribution is 9.10. The van der Waals surface area contributed by atoms with Crippen molar-refractivity contribution in [3.8, 4) is 5.75 Å². The second-order valence-electron chi connectivity index (χ2n) is 4.40. The van der Waals surface area contributed by atoms with Crippen molar-refractivity contribution in [3.05, 3.63) is 27.7 Å². The molecule has 0 spiro atoms. The third kappa shape index (κ3) is 3.22. The third-order valence-corrected chi connectivity index (χ3v) is 3.12. The van der Waals surface area contributed by atoms with E-state index in [1.165, 1.54) is 5.56 Å². The van der Waals surface area contributed by atoms with Crippen LogP contribution in [0.2, 0.25) is 0 Å². The predicted molar refractivity (Wildman–Crippen MR) is 70.2 cm³/mol. The SMILES string of the molecule is COc1c(Br)cc(C(C)C)cc1CC(C)O. The van der Waals surface area contributed by atoms with Crippen LogP contribution < -0.4 is 4.74 Å². The maximum absolute atomic E-state index is 9.48. The van der Waals surface area contributed by atoms with E-state index >= 15 is 0 Å². The molecular formula is C13H19BrO2. The first-order valence-electron chi connectivity index (χ1n) is 5.50. The van der Waals surface area contributed by atoms with Gasteiger partial charge in [0.2, 0.25) is 0 Å². The molecule has 3 heteroatoms. The molecular weight excluding hydrogens is 268 g/mol. The lowest BCUT2D eigenvalue weighted by Crippen LogP contribution is -2.07. The number of ether oxygens (including phenoxy) is 1. The van der Waals surface area contributed by atoms with E-state index in [9.17, 15) is 5.11 Å². The zero-order valence-electron chi connectivity index (χ0n) is 10.2. The fraction of sp³-hybridized carbons (Fsp3) is 0.538. The molecule has 0 aliphatic heterocycles. The predicted octanol–water partition coefficient (Wildman–Crippen LogP) is 3.50. The zero-order valence-corrected chi connectivity index (χ0v) is 11.8. The smallest absolute Gasteiger partial charge is 0.136 e. The Labute approximate surface area is 106 Å². The quantitative estimate of drug-likeness (QED) is 0.918. The van der Waals surface area contributed by atoms with E-state index in [2.05, 4.69) is 41.9 Å². The van der Waals surface area contributed by atoms with Crippen LogP contribution >= 0.6 is 15.9 Å². The van der Waals surface area contributed by atoms with E-state index in [0.29, 0.717) is 12.3 Å². The lowest BCUT2D eigenvalue weighted by molar-refractivity contribution is 0.194. The minimum atomic E-state index is -0.358.